The molecule has 0 radical (unpaired) electrons. The maximum absolute atomic E-state index is 9.39. The highest BCUT2D eigenvalue weighted by atomic mass is 16.3. The monoisotopic (exact) mass is 264 g/mol. The average Bonchev–Trinajstić information content (AvgIpc) is 2.44. The van der Waals surface area contributed by atoms with Crippen LogP contribution in [-0.2, 0) is 13.0 Å². The van der Waals surface area contributed by atoms with Gasteiger partial charge in [-0.2, -0.15) is 0 Å². The number of hydrogen-bond donors (Lipinski definition) is 1. The number of anilines is 1. The summed E-state index contributed by atoms with van der Waals surface area (Å²) in [6, 6.07) is 4.04. The fourth-order valence-corrected chi connectivity index (χ4v) is 2.16. The molecule has 1 unspecified atom stereocenters. The Hall–Kier alpha value is -1.09. The van der Waals surface area contributed by atoms with Gasteiger partial charge >= 0.3 is 0 Å². The molecule has 0 amide bonds. The van der Waals surface area contributed by atoms with Crippen molar-refractivity contribution in [2.75, 3.05) is 18.0 Å². The first-order chi connectivity index (χ1) is 9.14. The third kappa shape index (κ3) is 4.83. The lowest BCUT2D eigenvalue weighted by atomic mass is 10.1. The summed E-state index contributed by atoms with van der Waals surface area (Å²) in [5.41, 5.74) is 2.06. The van der Waals surface area contributed by atoms with E-state index < -0.39 is 0 Å². The SMILES string of the molecule is CCCc1cc(CO)cc(N(CC)CC(C)CC)n1. The molecular formula is C16H28N2O. The fraction of sp³-hybridized carbons (Fsp3) is 0.688. The van der Waals surface area contributed by atoms with Crippen molar-refractivity contribution in [1.82, 2.24) is 4.98 Å². The highest BCUT2D eigenvalue weighted by molar-refractivity contribution is 5.42. The van der Waals surface area contributed by atoms with Gasteiger partial charge in [-0.1, -0.05) is 33.6 Å². The Bertz CT molecular complexity index is 379. The van der Waals surface area contributed by atoms with Crippen molar-refractivity contribution >= 4 is 5.82 Å². The summed E-state index contributed by atoms with van der Waals surface area (Å²) >= 11 is 0. The van der Waals surface area contributed by atoms with Gasteiger partial charge in [-0.05, 0) is 37.0 Å². The molecule has 0 aliphatic carbocycles. The first-order valence-corrected chi connectivity index (χ1v) is 7.50. The summed E-state index contributed by atoms with van der Waals surface area (Å²) in [5.74, 6) is 1.67. The number of aromatic nitrogens is 1. The van der Waals surface area contributed by atoms with E-state index in [-0.39, 0.29) is 6.61 Å². The second kappa shape index (κ2) is 8.16. The summed E-state index contributed by atoms with van der Waals surface area (Å²) in [4.78, 5) is 7.06. The normalized spacial score (nSPS) is 12.5. The van der Waals surface area contributed by atoms with E-state index in [2.05, 4.69) is 32.6 Å². The maximum Gasteiger partial charge on any atom is 0.129 e. The summed E-state index contributed by atoms with van der Waals surface area (Å²) in [6.45, 7) is 10.9. The topological polar surface area (TPSA) is 36.4 Å². The molecule has 0 aliphatic heterocycles. The van der Waals surface area contributed by atoms with Crippen molar-refractivity contribution < 1.29 is 5.11 Å². The second-order valence-electron chi connectivity index (χ2n) is 5.29. The lowest BCUT2D eigenvalue weighted by Crippen LogP contribution is -2.29. The summed E-state index contributed by atoms with van der Waals surface area (Å²) in [5, 5.41) is 9.39. The second-order valence-corrected chi connectivity index (χ2v) is 5.29. The van der Waals surface area contributed by atoms with Crippen LogP contribution in [0.3, 0.4) is 0 Å². The predicted molar refractivity (Wildman–Crippen MR) is 81.5 cm³/mol. The van der Waals surface area contributed by atoms with Gasteiger partial charge in [0.1, 0.15) is 5.82 Å². The van der Waals surface area contributed by atoms with E-state index in [1.165, 1.54) is 6.42 Å². The lowest BCUT2D eigenvalue weighted by molar-refractivity contribution is 0.281. The van der Waals surface area contributed by atoms with Crippen molar-refractivity contribution in [2.45, 2.75) is 53.6 Å². The fourth-order valence-electron chi connectivity index (χ4n) is 2.16. The predicted octanol–water partition coefficient (Wildman–Crippen LogP) is 3.40. The van der Waals surface area contributed by atoms with Crippen molar-refractivity contribution in [3.05, 3.63) is 23.4 Å². The van der Waals surface area contributed by atoms with Crippen LogP contribution in [0.2, 0.25) is 0 Å². The number of aliphatic hydroxyl groups excluding tert-OH is 1. The van der Waals surface area contributed by atoms with E-state index >= 15 is 0 Å². The minimum absolute atomic E-state index is 0.0904. The molecule has 1 N–H and O–H groups in total. The molecule has 0 fully saturated rings. The number of pyridine rings is 1. The Balaban J connectivity index is 2.97. The van der Waals surface area contributed by atoms with Crippen molar-refractivity contribution in [3.8, 4) is 0 Å². The van der Waals surface area contributed by atoms with E-state index in [1.807, 2.05) is 12.1 Å². The molecule has 1 aromatic rings. The van der Waals surface area contributed by atoms with Crippen molar-refractivity contribution in [1.29, 1.82) is 0 Å². The van der Waals surface area contributed by atoms with Crippen LogP contribution >= 0.6 is 0 Å². The van der Waals surface area contributed by atoms with Crippen LogP contribution in [0.5, 0.6) is 0 Å². The molecule has 1 aromatic heterocycles. The molecule has 1 heterocycles. The largest absolute Gasteiger partial charge is 0.392 e. The van der Waals surface area contributed by atoms with Gasteiger partial charge in [-0.25, -0.2) is 4.98 Å². The first-order valence-electron chi connectivity index (χ1n) is 7.50. The molecule has 0 aromatic carbocycles. The molecule has 0 aliphatic rings. The minimum atomic E-state index is 0.0904. The van der Waals surface area contributed by atoms with Gasteiger partial charge in [0.15, 0.2) is 0 Å². The first kappa shape index (κ1) is 16.0. The van der Waals surface area contributed by atoms with Gasteiger partial charge in [-0.15, -0.1) is 0 Å². The van der Waals surface area contributed by atoms with Crippen LogP contribution in [0, 0.1) is 5.92 Å². The van der Waals surface area contributed by atoms with Crippen molar-refractivity contribution in [3.63, 3.8) is 0 Å². The summed E-state index contributed by atoms with van der Waals surface area (Å²) in [7, 11) is 0. The van der Waals surface area contributed by atoms with Crippen LogP contribution in [-0.4, -0.2) is 23.2 Å². The van der Waals surface area contributed by atoms with E-state index in [0.29, 0.717) is 5.92 Å². The Labute approximate surface area is 117 Å². The average molecular weight is 264 g/mol. The molecule has 3 nitrogen and oxygen atoms in total. The number of rotatable bonds is 8. The van der Waals surface area contributed by atoms with E-state index in [9.17, 15) is 5.11 Å². The number of hydrogen-bond acceptors (Lipinski definition) is 3. The zero-order valence-corrected chi connectivity index (χ0v) is 12.8. The smallest absolute Gasteiger partial charge is 0.129 e. The zero-order chi connectivity index (χ0) is 14.3. The van der Waals surface area contributed by atoms with Crippen LogP contribution in [0.25, 0.3) is 0 Å². The van der Waals surface area contributed by atoms with Gasteiger partial charge in [0, 0.05) is 18.8 Å². The Morgan fingerprint density at radius 2 is 2.00 bits per heavy atom. The van der Waals surface area contributed by atoms with Crippen LogP contribution in [0.15, 0.2) is 12.1 Å². The van der Waals surface area contributed by atoms with Gasteiger partial charge in [0.05, 0.1) is 6.61 Å². The van der Waals surface area contributed by atoms with Gasteiger partial charge in [0.25, 0.3) is 0 Å². The number of aliphatic hydroxyl groups is 1. The molecule has 0 spiro atoms. The Morgan fingerprint density at radius 3 is 2.53 bits per heavy atom. The maximum atomic E-state index is 9.39. The number of aryl methyl sites for hydroxylation is 1. The van der Waals surface area contributed by atoms with Crippen LogP contribution in [0.1, 0.15) is 51.8 Å². The highest BCUT2D eigenvalue weighted by Crippen LogP contribution is 2.18. The van der Waals surface area contributed by atoms with Crippen LogP contribution < -0.4 is 4.90 Å². The van der Waals surface area contributed by atoms with Gasteiger partial charge in [0.2, 0.25) is 0 Å². The number of nitrogens with zero attached hydrogens (tertiary/aromatic N) is 2. The molecule has 1 atom stereocenters. The van der Waals surface area contributed by atoms with E-state index in [4.69, 9.17) is 4.98 Å². The molecule has 1 rings (SSSR count). The molecule has 3 heteroatoms. The zero-order valence-electron chi connectivity index (χ0n) is 12.8. The Kier molecular flexibility index (Phi) is 6.85. The Morgan fingerprint density at radius 1 is 1.26 bits per heavy atom. The van der Waals surface area contributed by atoms with Crippen LogP contribution in [0.4, 0.5) is 5.82 Å². The lowest BCUT2D eigenvalue weighted by Gasteiger charge is -2.26. The standard InChI is InChI=1S/C16H28N2O/c1-5-8-15-9-14(12-19)10-16(17-15)18(7-3)11-13(4)6-2/h9-10,13,19H,5-8,11-12H2,1-4H3. The molecule has 0 bridgehead atoms. The summed E-state index contributed by atoms with van der Waals surface area (Å²) in [6.07, 6.45) is 3.23. The molecule has 108 valence electrons. The summed E-state index contributed by atoms with van der Waals surface area (Å²) < 4.78 is 0. The van der Waals surface area contributed by atoms with E-state index in [0.717, 1.165) is 43.0 Å². The quantitative estimate of drug-likeness (QED) is 0.782. The van der Waals surface area contributed by atoms with E-state index in [1.54, 1.807) is 0 Å². The third-order valence-corrected chi connectivity index (χ3v) is 3.55. The minimum Gasteiger partial charge on any atom is -0.392 e. The molecule has 19 heavy (non-hydrogen) atoms. The van der Waals surface area contributed by atoms with Gasteiger partial charge in [-0.3, -0.25) is 0 Å². The molecule has 0 saturated heterocycles. The molecule has 0 saturated carbocycles. The van der Waals surface area contributed by atoms with Crippen molar-refractivity contribution in [2.24, 2.45) is 5.92 Å². The highest BCUT2D eigenvalue weighted by Gasteiger charge is 2.11. The van der Waals surface area contributed by atoms with Gasteiger partial charge < -0.3 is 10.0 Å². The molecular weight excluding hydrogens is 236 g/mol. The third-order valence-electron chi connectivity index (χ3n) is 3.55.